The van der Waals surface area contributed by atoms with Crippen LogP contribution < -0.4 is 11.1 Å². The maximum Gasteiger partial charge on any atom is 0.255 e. The minimum absolute atomic E-state index is 0.0174. The summed E-state index contributed by atoms with van der Waals surface area (Å²) < 4.78 is 0. The smallest absolute Gasteiger partial charge is 0.255 e. The number of hydrogen-bond acceptors (Lipinski definition) is 10. The number of amides is 1. The van der Waals surface area contributed by atoms with Crippen molar-refractivity contribution in [1.82, 2.24) is 10.2 Å². The molecule has 0 spiro atoms. The van der Waals surface area contributed by atoms with Gasteiger partial charge in [0.25, 0.3) is 5.91 Å². The summed E-state index contributed by atoms with van der Waals surface area (Å²) in [6.07, 6.45) is 0.0145. The number of nitrogens with two attached hydrogens (primary N) is 1. The standard InChI is InChI=1S/C28H35N3O8/c1-27(2,3)11-30-10-17(33)13-6-7-16(32)19-14(13)8-12-9-15-21(31(4)5)23(35)20(26(29)38)25(37)28(15,39)24(36)18(12)22(19)34/h6-7,12,15,21,30,32,34,37,39H,8-11H2,1-5H3,(H2,29,38)/t12-,15-,21+,28-/m0/s1. The Morgan fingerprint density at radius 1 is 1.15 bits per heavy atom. The third kappa shape index (κ3) is 4.44. The average Bonchev–Trinajstić information content (AvgIpc) is 2.80. The summed E-state index contributed by atoms with van der Waals surface area (Å²) in [5.74, 6) is -7.53. The summed E-state index contributed by atoms with van der Waals surface area (Å²) in [4.78, 5) is 53.7. The van der Waals surface area contributed by atoms with E-state index < -0.39 is 58.0 Å². The second-order valence-electron chi connectivity index (χ2n) is 12.0. The first kappa shape index (κ1) is 28.5. The summed E-state index contributed by atoms with van der Waals surface area (Å²) in [6, 6.07) is 1.55. The first-order chi connectivity index (χ1) is 18.0. The van der Waals surface area contributed by atoms with Gasteiger partial charge in [0, 0.05) is 23.6 Å². The highest BCUT2D eigenvalue weighted by Gasteiger charge is 2.64. The van der Waals surface area contributed by atoms with Crippen molar-refractivity contribution in [3.05, 3.63) is 45.7 Å². The number of hydrogen-bond donors (Lipinski definition) is 6. The van der Waals surface area contributed by atoms with E-state index in [1.54, 1.807) is 0 Å². The number of fused-ring (bicyclic) bond motifs is 3. The van der Waals surface area contributed by atoms with Crippen LogP contribution in [-0.4, -0.2) is 87.4 Å². The second-order valence-corrected chi connectivity index (χ2v) is 12.0. The maximum absolute atomic E-state index is 13.9. The molecular formula is C28H35N3O8. The number of nitrogens with one attached hydrogen (secondary N) is 1. The largest absolute Gasteiger partial charge is 0.508 e. The van der Waals surface area contributed by atoms with Crippen LogP contribution in [0.5, 0.6) is 5.75 Å². The van der Waals surface area contributed by atoms with Crippen LogP contribution in [0, 0.1) is 17.3 Å². The molecule has 4 rings (SSSR count). The van der Waals surface area contributed by atoms with Gasteiger partial charge in [0.15, 0.2) is 17.2 Å². The van der Waals surface area contributed by atoms with Gasteiger partial charge in [0.2, 0.25) is 5.78 Å². The monoisotopic (exact) mass is 541 g/mol. The van der Waals surface area contributed by atoms with E-state index in [0.717, 1.165) is 0 Å². The molecule has 4 atom stereocenters. The number of ketones is 3. The molecule has 0 aromatic heterocycles. The molecule has 1 aromatic rings. The first-order valence-corrected chi connectivity index (χ1v) is 12.8. The Morgan fingerprint density at radius 3 is 2.36 bits per heavy atom. The van der Waals surface area contributed by atoms with E-state index in [4.69, 9.17) is 5.73 Å². The summed E-state index contributed by atoms with van der Waals surface area (Å²) in [5, 5.41) is 47.6. The van der Waals surface area contributed by atoms with E-state index in [1.807, 2.05) is 20.8 Å². The molecule has 0 bridgehead atoms. The van der Waals surface area contributed by atoms with Crippen LogP contribution in [0.4, 0.5) is 0 Å². The second kappa shape index (κ2) is 9.58. The van der Waals surface area contributed by atoms with Crippen LogP contribution >= 0.6 is 0 Å². The maximum atomic E-state index is 13.9. The summed E-state index contributed by atoms with van der Waals surface area (Å²) in [5.41, 5.74) is 1.96. The Hall–Kier alpha value is -3.54. The van der Waals surface area contributed by atoms with Crippen molar-refractivity contribution in [2.45, 2.75) is 45.3 Å². The number of phenolic OH excluding ortho intramolecular Hbond substituents is 1. The fourth-order valence-electron chi connectivity index (χ4n) is 6.15. The van der Waals surface area contributed by atoms with Gasteiger partial charge in [-0.15, -0.1) is 0 Å². The number of aliphatic hydroxyl groups is 3. The lowest BCUT2D eigenvalue weighted by Crippen LogP contribution is -2.65. The molecule has 1 fully saturated rings. The number of phenols is 1. The first-order valence-electron chi connectivity index (χ1n) is 12.8. The van der Waals surface area contributed by atoms with Crippen molar-refractivity contribution >= 4 is 29.0 Å². The molecule has 0 aliphatic heterocycles. The Balaban J connectivity index is 1.84. The zero-order valence-electron chi connectivity index (χ0n) is 22.7. The molecule has 0 unspecified atom stereocenters. The molecular weight excluding hydrogens is 506 g/mol. The predicted molar refractivity (Wildman–Crippen MR) is 141 cm³/mol. The number of rotatable bonds is 6. The van der Waals surface area contributed by atoms with Crippen LogP contribution in [0.1, 0.15) is 48.7 Å². The lowest BCUT2D eigenvalue weighted by Gasteiger charge is -2.50. The van der Waals surface area contributed by atoms with E-state index >= 15 is 0 Å². The Labute approximate surface area is 226 Å². The fourth-order valence-corrected chi connectivity index (χ4v) is 6.15. The Bertz CT molecular complexity index is 1350. The number of benzene rings is 1. The summed E-state index contributed by atoms with van der Waals surface area (Å²) >= 11 is 0. The highest BCUT2D eigenvalue weighted by atomic mass is 16.3. The lowest BCUT2D eigenvalue weighted by atomic mass is 9.57. The van der Waals surface area contributed by atoms with Gasteiger partial charge >= 0.3 is 0 Å². The molecule has 7 N–H and O–H groups in total. The molecule has 0 heterocycles. The van der Waals surface area contributed by atoms with E-state index in [9.17, 15) is 39.6 Å². The quantitative estimate of drug-likeness (QED) is 0.222. The zero-order valence-corrected chi connectivity index (χ0v) is 22.7. The third-order valence-corrected chi connectivity index (χ3v) is 7.85. The normalized spacial score (nSPS) is 26.9. The molecule has 11 heteroatoms. The molecule has 3 aliphatic rings. The highest BCUT2D eigenvalue weighted by molar-refractivity contribution is 6.24. The van der Waals surface area contributed by atoms with Crippen LogP contribution in [0.15, 0.2) is 29.0 Å². The number of aliphatic hydroxyl groups excluding tert-OH is 2. The zero-order chi connectivity index (χ0) is 29.2. The van der Waals surface area contributed by atoms with Crippen molar-refractivity contribution in [3.8, 4) is 5.75 Å². The Kier molecular flexibility index (Phi) is 6.99. The average molecular weight is 542 g/mol. The number of carbonyl (C=O) groups is 4. The minimum atomic E-state index is -2.70. The number of primary amides is 1. The van der Waals surface area contributed by atoms with Gasteiger partial charge in [0.05, 0.1) is 18.2 Å². The van der Waals surface area contributed by atoms with Crippen molar-refractivity contribution in [1.29, 1.82) is 0 Å². The number of nitrogens with zero attached hydrogens (tertiary/aromatic N) is 1. The number of carbonyl (C=O) groups excluding carboxylic acids is 4. The molecule has 0 radical (unpaired) electrons. The van der Waals surface area contributed by atoms with Gasteiger partial charge in [-0.05, 0) is 56.0 Å². The molecule has 1 aromatic carbocycles. The van der Waals surface area contributed by atoms with Gasteiger partial charge in [-0.25, -0.2) is 0 Å². The topological polar surface area (TPSA) is 190 Å². The molecule has 1 saturated carbocycles. The molecule has 1 amide bonds. The van der Waals surface area contributed by atoms with Crippen molar-refractivity contribution in [3.63, 3.8) is 0 Å². The van der Waals surface area contributed by atoms with Crippen LogP contribution in [0.2, 0.25) is 0 Å². The molecule has 39 heavy (non-hydrogen) atoms. The van der Waals surface area contributed by atoms with Crippen molar-refractivity contribution in [2.24, 2.45) is 23.0 Å². The summed E-state index contributed by atoms with van der Waals surface area (Å²) in [7, 11) is 3.07. The SMILES string of the molecule is CN(C)[C@H]1C(=O)C(C(N)=O)=C(O)[C@@]2(O)C(=O)C3=C(O)c4c(O)ccc(C(=O)CNCC(C)(C)C)c4C[C@H]3C[C@@H]12. The van der Waals surface area contributed by atoms with Crippen molar-refractivity contribution < 1.29 is 39.6 Å². The molecule has 0 saturated heterocycles. The van der Waals surface area contributed by atoms with E-state index in [2.05, 4.69) is 5.32 Å². The van der Waals surface area contributed by atoms with E-state index in [0.29, 0.717) is 12.1 Å². The fraction of sp³-hybridized carbons (Fsp3) is 0.500. The number of likely N-dealkylation sites (N-methyl/N-ethyl adjacent to an activating group) is 1. The van der Waals surface area contributed by atoms with Gasteiger partial charge in [0.1, 0.15) is 22.8 Å². The van der Waals surface area contributed by atoms with Gasteiger partial charge in [-0.1, -0.05) is 20.8 Å². The van der Waals surface area contributed by atoms with Gasteiger partial charge < -0.3 is 31.5 Å². The highest BCUT2D eigenvalue weighted by Crippen LogP contribution is 2.52. The molecule has 210 valence electrons. The lowest BCUT2D eigenvalue weighted by molar-refractivity contribution is -0.153. The van der Waals surface area contributed by atoms with E-state index in [1.165, 1.54) is 31.1 Å². The Morgan fingerprint density at radius 2 is 1.79 bits per heavy atom. The van der Waals surface area contributed by atoms with Gasteiger partial charge in [-0.2, -0.15) is 0 Å². The third-order valence-electron chi connectivity index (χ3n) is 7.85. The number of aromatic hydroxyl groups is 1. The minimum Gasteiger partial charge on any atom is -0.508 e. The van der Waals surface area contributed by atoms with Crippen LogP contribution in [-0.2, 0) is 20.8 Å². The summed E-state index contributed by atoms with van der Waals surface area (Å²) in [6.45, 7) is 6.66. The number of Topliss-reactive ketones (excluding diaryl/α,β-unsaturated/α-hetero) is 3. The van der Waals surface area contributed by atoms with Crippen LogP contribution in [0.3, 0.4) is 0 Å². The molecule has 11 nitrogen and oxygen atoms in total. The van der Waals surface area contributed by atoms with Crippen molar-refractivity contribution in [2.75, 3.05) is 27.2 Å². The van der Waals surface area contributed by atoms with Crippen LogP contribution in [0.25, 0.3) is 5.76 Å². The van der Waals surface area contributed by atoms with E-state index in [-0.39, 0.29) is 53.0 Å². The molecule has 3 aliphatic carbocycles. The van der Waals surface area contributed by atoms with Gasteiger partial charge in [-0.3, -0.25) is 24.1 Å². The predicted octanol–water partition coefficient (Wildman–Crippen LogP) is 0.782.